The molecular weight excluding hydrogens is 1070 g/mol. The molecule has 6 unspecified atom stereocenters. The fourth-order valence-corrected chi connectivity index (χ4v) is 11.0. The van der Waals surface area contributed by atoms with E-state index < -0.39 is 105 Å². The Balaban J connectivity index is 0.827. The molecular formula is C38H51N13O19P2S2. The van der Waals surface area contributed by atoms with Crippen LogP contribution in [0.3, 0.4) is 0 Å². The average molecular weight is 1120 g/mol. The number of imide groups is 1. The number of aliphatic hydroxyl groups is 1. The SMILES string of the molecule is Nc1nc2c(ncn2[C@@H]2O[C@@H]3COP(=O)(S)OC4C(NC(=O)CCOCCOCCOCCOCCNC(=O)CCN5C(=O)C=CC5=O)[C@H](n5cnc6c(=O)[nH]c(N)nc65)O[C@@H]4COP(=O)(S)OC3C2O)c(=O)[nH]1. The Kier molecular flexibility index (Phi) is 18.0. The number of hydrogen-bond acceptors (Lipinski definition) is 25. The number of nitrogens with one attached hydrogen (secondary N) is 4. The summed E-state index contributed by atoms with van der Waals surface area (Å²) in [4.78, 5) is 96.0. The van der Waals surface area contributed by atoms with Crippen molar-refractivity contribution in [2.75, 3.05) is 90.6 Å². The van der Waals surface area contributed by atoms with Crippen LogP contribution in [0.1, 0.15) is 25.3 Å². The largest absolute Gasteiger partial charge is 0.386 e. The number of thiol groups is 2. The van der Waals surface area contributed by atoms with Gasteiger partial charge in [0.25, 0.3) is 22.9 Å². The molecule has 3 saturated heterocycles. The van der Waals surface area contributed by atoms with Crippen LogP contribution in [-0.2, 0) is 74.8 Å². The van der Waals surface area contributed by atoms with Gasteiger partial charge < -0.3 is 55.6 Å². The standard InChI is InChI=1S/C38H51N13O19P2S2/c39-37-45-31-26(33(57)47-37)42-17-50(31)35-25(44-22(53)4-7-61-9-11-63-13-14-64-12-10-62-8-5-41-21(52)3-6-49-23(54)1-2-24(49)55)29-19(67-35)15-65-72(60,74)70-30-20(16-66-71(59,73)69-29)68-36(28(30)56)51-18-43-27-32(51)46-38(40)48-34(27)58/h1-2,17-20,25,28-30,35-36,56H,3-16H2,(H,41,52)(H,44,53)(H,59,73)(H,60,74)(H3,39,45,47,57)(H3,40,46,48,58)/t19-,20-,25?,28?,29?,30?,35-,36-,71?,72?/m1/s1. The number of carbonyl (C=O) groups is 4. The number of rotatable bonds is 21. The van der Waals surface area contributed by atoms with Gasteiger partial charge in [0.05, 0.1) is 78.7 Å². The molecule has 0 saturated carbocycles. The quantitative estimate of drug-likeness (QED) is 0.0186. The summed E-state index contributed by atoms with van der Waals surface area (Å²) >= 11 is 8.36. The van der Waals surface area contributed by atoms with Crippen LogP contribution in [0, 0.1) is 0 Å². The molecule has 8 heterocycles. The monoisotopic (exact) mass is 1120 g/mol. The van der Waals surface area contributed by atoms with E-state index >= 15 is 0 Å². The third kappa shape index (κ3) is 13.4. The van der Waals surface area contributed by atoms with Gasteiger partial charge in [-0.3, -0.25) is 70.9 Å². The Hall–Kier alpha value is -5.16. The molecule has 0 aliphatic carbocycles. The molecule has 0 radical (unpaired) electrons. The van der Waals surface area contributed by atoms with Gasteiger partial charge in [0.1, 0.15) is 36.6 Å². The van der Waals surface area contributed by atoms with Crippen LogP contribution in [0.4, 0.5) is 11.9 Å². The minimum Gasteiger partial charge on any atom is -0.386 e. The number of nitrogens with two attached hydrogens (primary N) is 2. The Labute approximate surface area is 427 Å². The lowest BCUT2D eigenvalue weighted by atomic mass is 10.1. The molecule has 4 aliphatic rings. The predicted molar refractivity (Wildman–Crippen MR) is 257 cm³/mol. The maximum atomic E-state index is 14.1. The zero-order valence-corrected chi connectivity index (χ0v) is 42.3. The van der Waals surface area contributed by atoms with E-state index in [4.69, 9.17) is 58.0 Å². The molecule has 74 heavy (non-hydrogen) atoms. The number of aliphatic hydroxyl groups excluding tert-OH is 1. The fraction of sp³-hybridized carbons (Fsp3) is 0.579. The number of nitrogen functional groups attached to an aromatic ring is 2. The Bertz CT molecular complexity index is 2940. The minimum atomic E-state index is -4.54. The zero-order chi connectivity index (χ0) is 52.7. The number of H-pyrrole nitrogens is 2. The molecule has 0 aromatic carbocycles. The van der Waals surface area contributed by atoms with Gasteiger partial charge in [-0.05, 0) is 0 Å². The summed E-state index contributed by atoms with van der Waals surface area (Å²) in [6.07, 6.45) is -5.85. The molecule has 36 heteroatoms. The molecule has 404 valence electrons. The Morgan fingerprint density at radius 2 is 1.20 bits per heavy atom. The topological polar surface area (TPSA) is 421 Å². The van der Waals surface area contributed by atoms with Gasteiger partial charge in [-0.1, -0.05) is 24.5 Å². The number of nitrogens with zero attached hydrogens (tertiary/aromatic N) is 7. The lowest BCUT2D eigenvalue weighted by Crippen LogP contribution is -2.48. The highest BCUT2D eigenvalue weighted by Gasteiger charge is 2.54. The molecule has 8 rings (SSSR count). The van der Waals surface area contributed by atoms with E-state index in [9.17, 15) is 43.0 Å². The molecule has 0 bridgehead atoms. The summed E-state index contributed by atoms with van der Waals surface area (Å²) in [6, 6.07) is -1.33. The number of amides is 4. The third-order valence-corrected chi connectivity index (χ3v) is 14.6. The number of carbonyl (C=O) groups excluding carboxylic acids is 4. The third-order valence-electron chi connectivity index (χ3n) is 11.4. The van der Waals surface area contributed by atoms with Crippen LogP contribution in [0.25, 0.3) is 22.3 Å². The first kappa shape index (κ1) is 55.1. The number of aromatic nitrogens is 8. The minimum absolute atomic E-state index is 0.00769. The molecule has 32 nitrogen and oxygen atoms in total. The highest BCUT2D eigenvalue weighted by molar-refractivity contribution is 8.44. The second kappa shape index (κ2) is 24.2. The Morgan fingerprint density at radius 3 is 1.77 bits per heavy atom. The van der Waals surface area contributed by atoms with Crippen LogP contribution >= 0.6 is 38.1 Å². The lowest BCUT2D eigenvalue weighted by molar-refractivity contribution is -0.137. The van der Waals surface area contributed by atoms with Crippen LogP contribution in [0.15, 0.2) is 34.4 Å². The van der Waals surface area contributed by atoms with Gasteiger partial charge in [0.15, 0.2) is 34.8 Å². The number of fused-ring (bicyclic) bond motifs is 4. The van der Waals surface area contributed by atoms with Gasteiger partial charge in [0.2, 0.25) is 23.7 Å². The van der Waals surface area contributed by atoms with Crippen molar-refractivity contribution in [2.24, 2.45) is 0 Å². The maximum absolute atomic E-state index is 14.1. The number of anilines is 2. The predicted octanol–water partition coefficient (Wildman–Crippen LogP) is -2.16. The van der Waals surface area contributed by atoms with Crippen LogP contribution in [-0.4, -0.2) is 188 Å². The van der Waals surface area contributed by atoms with E-state index in [0.717, 1.165) is 23.4 Å². The van der Waals surface area contributed by atoms with Crippen molar-refractivity contribution < 1.29 is 79.9 Å². The first-order valence-electron chi connectivity index (χ1n) is 22.5. The van der Waals surface area contributed by atoms with E-state index in [-0.39, 0.29) is 119 Å². The molecule has 4 aromatic rings. The van der Waals surface area contributed by atoms with Crippen molar-refractivity contribution >= 4 is 95.9 Å². The van der Waals surface area contributed by atoms with Crippen LogP contribution < -0.4 is 33.2 Å². The summed E-state index contributed by atoms with van der Waals surface area (Å²) < 4.78 is 88.0. The van der Waals surface area contributed by atoms with Gasteiger partial charge in [-0.2, -0.15) is 9.97 Å². The van der Waals surface area contributed by atoms with Crippen molar-refractivity contribution in [1.29, 1.82) is 0 Å². The molecule has 3 fully saturated rings. The molecule has 10 atom stereocenters. The highest BCUT2D eigenvalue weighted by Crippen LogP contribution is 2.60. The van der Waals surface area contributed by atoms with Crippen molar-refractivity contribution in [2.45, 2.75) is 61.9 Å². The van der Waals surface area contributed by atoms with Gasteiger partial charge in [-0.25, -0.2) is 19.1 Å². The summed E-state index contributed by atoms with van der Waals surface area (Å²) in [5.74, 6) is -2.38. The first-order chi connectivity index (χ1) is 35.4. The van der Waals surface area contributed by atoms with Crippen molar-refractivity contribution in [3.8, 4) is 0 Å². The lowest BCUT2D eigenvalue weighted by Gasteiger charge is -2.30. The van der Waals surface area contributed by atoms with Crippen LogP contribution in [0.5, 0.6) is 0 Å². The van der Waals surface area contributed by atoms with E-state index in [0.29, 0.717) is 0 Å². The molecule has 4 aromatic heterocycles. The number of imidazole rings is 2. The van der Waals surface area contributed by atoms with E-state index in [2.05, 4.69) is 65.0 Å². The smallest absolute Gasteiger partial charge is 0.386 e. The molecule has 4 aliphatic heterocycles. The molecule has 9 N–H and O–H groups in total. The Morgan fingerprint density at radius 1 is 0.716 bits per heavy atom. The van der Waals surface area contributed by atoms with Crippen molar-refractivity contribution in [3.63, 3.8) is 0 Å². The molecule has 0 spiro atoms. The number of aromatic amines is 2. The fourth-order valence-electron chi connectivity index (χ4n) is 7.97. The van der Waals surface area contributed by atoms with E-state index in [1.54, 1.807) is 0 Å². The van der Waals surface area contributed by atoms with Gasteiger partial charge in [0, 0.05) is 38.1 Å². The summed E-state index contributed by atoms with van der Waals surface area (Å²) in [5, 5.41) is 16.9. The van der Waals surface area contributed by atoms with Crippen molar-refractivity contribution in [1.82, 2.24) is 54.6 Å². The summed E-state index contributed by atoms with van der Waals surface area (Å²) in [7, 11) is 0. The van der Waals surface area contributed by atoms with E-state index in [1.807, 2.05) is 0 Å². The van der Waals surface area contributed by atoms with Gasteiger partial charge >= 0.3 is 13.6 Å². The summed E-state index contributed by atoms with van der Waals surface area (Å²) in [5.41, 5.74) is 9.80. The van der Waals surface area contributed by atoms with Crippen LogP contribution in [0.2, 0.25) is 0 Å². The van der Waals surface area contributed by atoms with Gasteiger partial charge in [-0.15, -0.1) is 0 Å². The first-order valence-corrected chi connectivity index (χ1v) is 27.9. The second-order valence-electron chi connectivity index (χ2n) is 16.4. The van der Waals surface area contributed by atoms with Crippen molar-refractivity contribution in [3.05, 3.63) is 45.5 Å². The zero-order valence-electron chi connectivity index (χ0n) is 38.7. The maximum Gasteiger partial charge on any atom is 0.386 e. The number of hydrogen-bond donors (Lipinski definition) is 9. The highest BCUT2D eigenvalue weighted by atomic mass is 32.7. The molecule has 4 amide bonds. The normalized spacial score (nSPS) is 28.3. The number of ether oxygens (including phenoxy) is 6. The average Bonchev–Trinajstić information content (AvgIpc) is 4.16. The summed E-state index contributed by atoms with van der Waals surface area (Å²) in [6.45, 7) is -8.79. The van der Waals surface area contributed by atoms with E-state index in [1.165, 1.54) is 15.5 Å². The second-order valence-corrected chi connectivity index (χ2v) is 22.1.